The largest absolute Gasteiger partial charge is 0.337 e. The SMILES string of the molecule is Cc1cc(C(=O)N(C)Cc2c(C)nn(-c3ccccc3)c2C)ccc1[N+](=O)[O-]. The van der Waals surface area contributed by atoms with Gasteiger partial charge in [-0.2, -0.15) is 5.10 Å². The van der Waals surface area contributed by atoms with Crippen molar-refractivity contribution in [3.8, 4) is 5.69 Å². The van der Waals surface area contributed by atoms with Crippen molar-refractivity contribution in [3.63, 3.8) is 0 Å². The number of nitro groups is 1. The maximum absolute atomic E-state index is 12.8. The first-order valence-corrected chi connectivity index (χ1v) is 8.90. The van der Waals surface area contributed by atoms with Gasteiger partial charge >= 0.3 is 0 Å². The van der Waals surface area contributed by atoms with E-state index in [2.05, 4.69) is 5.10 Å². The number of nitro benzene ring substituents is 1. The van der Waals surface area contributed by atoms with Gasteiger partial charge in [-0.05, 0) is 45.0 Å². The van der Waals surface area contributed by atoms with Crippen LogP contribution in [0.3, 0.4) is 0 Å². The van der Waals surface area contributed by atoms with Crippen molar-refractivity contribution in [3.05, 3.63) is 86.7 Å². The van der Waals surface area contributed by atoms with Crippen LogP contribution < -0.4 is 0 Å². The van der Waals surface area contributed by atoms with Gasteiger partial charge in [0, 0.05) is 42.0 Å². The Bertz CT molecular complexity index is 1040. The lowest BCUT2D eigenvalue weighted by atomic mass is 10.1. The maximum Gasteiger partial charge on any atom is 0.272 e. The number of aromatic nitrogens is 2. The second-order valence-electron chi connectivity index (χ2n) is 6.82. The molecule has 0 saturated heterocycles. The van der Waals surface area contributed by atoms with Gasteiger partial charge in [0.15, 0.2) is 0 Å². The van der Waals surface area contributed by atoms with Gasteiger partial charge in [-0.1, -0.05) is 18.2 Å². The minimum atomic E-state index is -0.446. The number of aryl methyl sites for hydroxylation is 2. The standard InChI is InChI=1S/C21H22N4O3/c1-14-12-17(10-11-20(14)25(27)28)21(26)23(4)13-19-15(2)22-24(16(19)3)18-8-6-5-7-9-18/h5-12H,13H2,1-4H3. The zero-order valence-corrected chi connectivity index (χ0v) is 16.3. The van der Waals surface area contributed by atoms with Crippen LogP contribution in [0, 0.1) is 30.9 Å². The molecular weight excluding hydrogens is 356 g/mol. The Balaban J connectivity index is 1.84. The Kier molecular flexibility index (Phi) is 5.26. The highest BCUT2D eigenvalue weighted by molar-refractivity contribution is 5.94. The lowest BCUT2D eigenvalue weighted by Gasteiger charge is -2.18. The second kappa shape index (κ2) is 7.64. The number of amides is 1. The van der Waals surface area contributed by atoms with Crippen LogP contribution in [0.5, 0.6) is 0 Å². The summed E-state index contributed by atoms with van der Waals surface area (Å²) < 4.78 is 1.87. The smallest absolute Gasteiger partial charge is 0.272 e. The molecule has 0 aliphatic rings. The molecule has 1 amide bonds. The molecule has 1 heterocycles. The van der Waals surface area contributed by atoms with Gasteiger partial charge in [0.05, 0.1) is 16.3 Å². The molecule has 7 heteroatoms. The molecule has 0 spiro atoms. The van der Waals surface area contributed by atoms with Gasteiger partial charge in [-0.25, -0.2) is 4.68 Å². The minimum absolute atomic E-state index is 0.00929. The molecule has 144 valence electrons. The quantitative estimate of drug-likeness (QED) is 0.497. The summed E-state index contributed by atoms with van der Waals surface area (Å²) in [5, 5.41) is 15.6. The predicted molar refractivity (Wildman–Crippen MR) is 107 cm³/mol. The number of rotatable bonds is 5. The van der Waals surface area contributed by atoms with Crippen LogP contribution >= 0.6 is 0 Å². The minimum Gasteiger partial charge on any atom is -0.337 e. The Hall–Kier alpha value is -3.48. The van der Waals surface area contributed by atoms with Crippen molar-refractivity contribution >= 4 is 11.6 Å². The molecule has 0 saturated carbocycles. The fourth-order valence-electron chi connectivity index (χ4n) is 3.25. The zero-order chi connectivity index (χ0) is 20.4. The van der Waals surface area contributed by atoms with E-state index in [1.807, 2.05) is 48.9 Å². The summed E-state index contributed by atoms with van der Waals surface area (Å²) in [6.45, 7) is 5.94. The molecule has 0 radical (unpaired) electrons. The molecule has 0 aliphatic heterocycles. The summed E-state index contributed by atoms with van der Waals surface area (Å²) in [7, 11) is 1.72. The predicted octanol–water partition coefficient (Wildman–Crippen LogP) is 3.98. The van der Waals surface area contributed by atoms with E-state index in [1.54, 1.807) is 24.9 Å². The fourth-order valence-corrected chi connectivity index (χ4v) is 3.25. The fraction of sp³-hybridized carbons (Fsp3) is 0.238. The third kappa shape index (κ3) is 3.64. The van der Waals surface area contributed by atoms with E-state index >= 15 is 0 Å². The van der Waals surface area contributed by atoms with Crippen LogP contribution in [0.25, 0.3) is 5.69 Å². The van der Waals surface area contributed by atoms with Gasteiger partial charge in [0.1, 0.15) is 0 Å². The molecule has 0 atom stereocenters. The molecule has 7 nitrogen and oxygen atoms in total. The average molecular weight is 378 g/mol. The number of hydrogen-bond acceptors (Lipinski definition) is 4. The Labute approximate surface area is 163 Å². The van der Waals surface area contributed by atoms with Crippen LogP contribution in [-0.4, -0.2) is 32.6 Å². The summed E-state index contributed by atoms with van der Waals surface area (Å²) in [4.78, 5) is 24.9. The second-order valence-corrected chi connectivity index (χ2v) is 6.82. The summed E-state index contributed by atoms with van der Waals surface area (Å²) in [6.07, 6.45) is 0. The van der Waals surface area contributed by atoms with Crippen LogP contribution in [0.2, 0.25) is 0 Å². The number of benzene rings is 2. The molecule has 1 aromatic heterocycles. The van der Waals surface area contributed by atoms with Crippen LogP contribution in [0.1, 0.15) is 32.9 Å². The van der Waals surface area contributed by atoms with E-state index in [0.29, 0.717) is 17.7 Å². The topological polar surface area (TPSA) is 81.3 Å². The number of hydrogen-bond donors (Lipinski definition) is 0. The monoisotopic (exact) mass is 378 g/mol. The highest BCUT2D eigenvalue weighted by Crippen LogP contribution is 2.22. The van der Waals surface area contributed by atoms with E-state index in [-0.39, 0.29) is 11.6 Å². The zero-order valence-electron chi connectivity index (χ0n) is 16.3. The number of carbonyl (C=O) groups excluding carboxylic acids is 1. The van der Waals surface area contributed by atoms with Crippen LogP contribution in [0.4, 0.5) is 5.69 Å². The van der Waals surface area contributed by atoms with Gasteiger partial charge in [0.2, 0.25) is 0 Å². The normalized spacial score (nSPS) is 10.7. The van der Waals surface area contributed by atoms with Gasteiger partial charge in [0.25, 0.3) is 11.6 Å². The third-order valence-electron chi connectivity index (χ3n) is 4.82. The molecule has 0 aliphatic carbocycles. The summed E-state index contributed by atoms with van der Waals surface area (Å²) in [5.41, 5.74) is 4.69. The molecule has 0 N–H and O–H groups in total. The molecule has 2 aromatic carbocycles. The summed E-state index contributed by atoms with van der Waals surface area (Å²) >= 11 is 0. The van der Waals surface area contributed by atoms with Crippen molar-refractivity contribution in [2.45, 2.75) is 27.3 Å². The lowest BCUT2D eigenvalue weighted by Crippen LogP contribution is -2.26. The molecular formula is C21H22N4O3. The van der Waals surface area contributed by atoms with Gasteiger partial charge in [-0.15, -0.1) is 0 Å². The van der Waals surface area contributed by atoms with Crippen LogP contribution in [-0.2, 0) is 6.54 Å². The highest BCUT2D eigenvalue weighted by atomic mass is 16.6. The Morgan fingerprint density at radius 2 is 1.82 bits per heavy atom. The number of para-hydroxylation sites is 1. The van der Waals surface area contributed by atoms with E-state index in [4.69, 9.17) is 0 Å². The lowest BCUT2D eigenvalue weighted by molar-refractivity contribution is -0.385. The molecule has 0 fully saturated rings. The van der Waals surface area contributed by atoms with Crippen molar-refractivity contribution in [2.75, 3.05) is 7.05 Å². The Morgan fingerprint density at radius 3 is 2.43 bits per heavy atom. The van der Waals surface area contributed by atoms with Crippen LogP contribution in [0.15, 0.2) is 48.5 Å². The van der Waals surface area contributed by atoms with Gasteiger partial charge < -0.3 is 4.90 Å². The van der Waals surface area contributed by atoms with E-state index in [1.165, 1.54) is 12.1 Å². The molecule has 0 unspecified atom stereocenters. The van der Waals surface area contributed by atoms with Crippen molar-refractivity contribution in [2.24, 2.45) is 0 Å². The first-order valence-electron chi connectivity index (χ1n) is 8.90. The first kappa shape index (κ1) is 19.3. The summed E-state index contributed by atoms with van der Waals surface area (Å²) in [6, 6.07) is 14.3. The van der Waals surface area contributed by atoms with Gasteiger partial charge in [-0.3, -0.25) is 14.9 Å². The van der Waals surface area contributed by atoms with E-state index < -0.39 is 4.92 Å². The van der Waals surface area contributed by atoms with E-state index in [9.17, 15) is 14.9 Å². The van der Waals surface area contributed by atoms with E-state index in [0.717, 1.165) is 22.6 Å². The van der Waals surface area contributed by atoms with Crippen molar-refractivity contribution in [1.82, 2.24) is 14.7 Å². The first-order chi connectivity index (χ1) is 13.3. The summed E-state index contributed by atoms with van der Waals surface area (Å²) in [5.74, 6) is -0.191. The van der Waals surface area contributed by atoms with Crippen molar-refractivity contribution < 1.29 is 9.72 Å². The Morgan fingerprint density at radius 1 is 1.14 bits per heavy atom. The number of nitrogens with zero attached hydrogens (tertiary/aromatic N) is 4. The molecule has 28 heavy (non-hydrogen) atoms. The van der Waals surface area contributed by atoms with Crippen molar-refractivity contribution in [1.29, 1.82) is 0 Å². The highest BCUT2D eigenvalue weighted by Gasteiger charge is 2.20. The maximum atomic E-state index is 12.8. The molecule has 0 bridgehead atoms. The average Bonchev–Trinajstić information content (AvgIpc) is 2.95. The molecule has 3 aromatic rings. The number of carbonyl (C=O) groups is 1. The molecule has 3 rings (SSSR count). The third-order valence-corrected chi connectivity index (χ3v) is 4.82.